The first-order chi connectivity index (χ1) is 9.49. The lowest BCUT2D eigenvalue weighted by Crippen LogP contribution is -2.36. The quantitative estimate of drug-likeness (QED) is 0.845. The van der Waals surface area contributed by atoms with Gasteiger partial charge in [0.2, 0.25) is 0 Å². The van der Waals surface area contributed by atoms with E-state index >= 15 is 0 Å². The highest BCUT2D eigenvalue weighted by molar-refractivity contribution is 5.23. The average Bonchev–Trinajstić information content (AvgIpc) is 2.37. The Bertz CT molecular complexity index is 507. The van der Waals surface area contributed by atoms with Crippen molar-refractivity contribution in [2.24, 2.45) is 17.8 Å². The summed E-state index contributed by atoms with van der Waals surface area (Å²) in [4.78, 5) is 8.48. The monoisotopic (exact) mass is 273 g/mol. The van der Waals surface area contributed by atoms with Crippen LogP contribution in [0.2, 0.25) is 0 Å². The summed E-state index contributed by atoms with van der Waals surface area (Å²) in [5.41, 5.74) is 1.15. The van der Waals surface area contributed by atoms with Gasteiger partial charge in [-0.15, -0.1) is 0 Å². The molecule has 4 nitrogen and oxygen atoms in total. The number of nitriles is 1. The molecule has 2 rings (SSSR count). The van der Waals surface area contributed by atoms with Gasteiger partial charge >= 0.3 is 6.01 Å². The van der Waals surface area contributed by atoms with Gasteiger partial charge in [0.15, 0.2) is 0 Å². The number of ether oxygens (including phenoxy) is 1. The molecular formula is C16H23N3O. The zero-order valence-corrected chi connectivity index (χ0v) is 12.8. The van der Waals surface area contributed by atoms with E-state index in [1.165, 1.54) is 12.8 Å². The Labute approximate surface area is 121 Å². The Morgan fingerprint density at radius 2 is 2.10 bits per heavy atom. The molecule has 0 spiro atoms. The van der Waals surface area contributed by atoms with Crippen LogP contribution in [0.4, 0.5) is 0 Å². The summed E-state index contributed by atoms with van der Waals surface area (Å²) in [5, 5.41) is 8.98. The Morgan fingerprint density at radius 3 is 2.75 bits per heavy atom. The summed E-state index contributed by atoms with van der Waals surface area (Å²) in [7, 11) is 0. The standard InChI is InChI=1S/C16H23N3O/c1-10(2)14-6-5-11(3)7-15(14)20-16-18-12(4)8-13(9-17)19-16/h8,10-11,14-15H,5-7H2,1-4H3. The second-order valence-corrected chi connectivity index (χ2v) is 6.27. The minimum absolute atomic E-state index is 0.159. The molecule has 0 radical (unpaired) electrons. The van der Waals surface area contributed by atoms with E-state index in [2.05, 4.69) is 36.8 Å². The molecule has 1 aliphatic rings. The fraction of sp³-hybridized carbons (Fsp3) is 0.688. The zero-order chi connectivity index (χ0) is 14.7. The van der Waals surface area contributed by atoms with Gasteiger partial charge in [0.25, 0.3) is 0 Å². The largest absolute Gasteiger partial charge is 0.460 e. The van der Waals surface area contributed by atoms with Crippen LogP contribution in [0.5, 0.6) is 6.01 Å². The van der Waals surface area contributed by atoms with E-state index in [9.17, 15) is 0 Å². The van der Waals surface area contributed by atoms with Crippen LogP contribution in [-0.2, 0) is 0 Å². The molecule has 0 aliphatic heterocycles. The fourth-order valence-electron chi connectivity index (χ4n) is 3.04. The first kappa shape index (κ1) is 14.8. The van der Waals surface area contributed by atoms with Crippen LogP contribution in [-0.4, -0.2) is 16.1 Å². The maximum atomic E-state index is 8.98. The topological polar surface area (TPSA) is 58.8 Å². The summed E-state index contributed by atoms with van der Waals surface area (Å²) in [6.07, 6.45) is 3.66. The molecule has 1 saturated carbocycles. The number of rotatable bonds is 3. The molecule has 1 heterocycles. The summed E-state index contributed by atoms with van der Waals surface area (Å²) < 4.78 is 6.05. The molecule has 1 aromatic heterocycles. The Balaban J connectivity index is 2.18. The van der Waals surface area contributed by atoms with Gasteiger partial charge in [-0.3, -0.25) is 0 Å². The van der Waals surface area contributed by atoms with Crippen molar-refractivity contribution in [1.82, 2.24) is 9.97 Å². The highest BCUT2D eigenvalue weighted by Crippen LogP contribution is 2.35. The van der Waals surface area contributed by atoms with E-state index in [-0.39, 0.29) is 6.10 Å². The smallest absolute Gasteiger partial charge is 0.318 e. The van der Waals surface area contributed by atoms with Crippen LogP contribution in [0.3, 0.4) is 0 Å². The normalized spacial score (nSPS) is 26.3. The third-order valence-electron chi connectivity index (χ3n) is 4.17. The van der Waals surface area contributed by atoms with Crippen molar-refractivity contribution in [3.8, 4) is 12.1 Å². The van der Waals surface area contributed by atoms with Crippen molar-refractivity contribution in [2.45, 2.75) is 53.1 Å². The van der Waals surface area contributed by atoms with Gasteiger partial charge in [0.05, 0.1) is 0 Å². The summed E-state index contributed by atoms with van der Waals surface area (Å²) >= 11 is 0. The second-order valence-electron chi connectivity index (χ2n) is 6.27. The molecule has 1 fully saturated rings. The van der Waals surface area contributed by atoms with Crippen molar-refractivity contribution < 1.29 is 4.74 Å². The third-order valence-corrected chi connectivity index (χ3v) is 4.17. The average molecular weight is 273 g/mol. The van der Waals surface area contributed by atoms with Crippen molar-refractivity contribution >= 4 is 0 Å². The Kier molecular flexibility index (Phi) is 4.59. The predicted molar refractivity (Wildman–Crippen MR) is 77.2 cm³/mol. The number of aryl methyl sites for hydroxylation is 1. The molecule has 0 saturated heterocycles. The number of aromatic nitrogens is 2. The van der Waals surface area contributed by atoms with Gasteiger partial charge in [-0.1, -0.05) is 27.2 Å². The van der Waals surface area contributed by atoms with E-state index in [0.717, 1.165) is 12.1 Å². The van der Waals surface area contributed by atoms with Crippen molar-refractivity contribution in [3.63, 3.8) is 0 Å². The lowest BCUT2D eigenvalue weighted by molar-refractivity contribution is 0.0388. The SMILES string of the molecule is Cc1cc(C#N)nc(OC2CC(C)CCC2C(C)C)n1. The van der Waals surface area contributed by atoms with E-state index in [4.69, 9.17) is 10.00 Å². The van der Waals surface area contributed by atoms with Crippen molar-refractivity contribution in [3.05, 3.63) is 17.5 Å². The van der Waals surface area contributed by atoms with Crippen molar-refractivity contribution in [2.75, 3.05) is 0 Å². The molecule has 0 bridgehead atoms. The highest BCUT2D eigenvalue weighted by Gasteiger charge is 2.32. The van der Waals surface area contributed by atoms with Crippen LogP contribution in [0.25, 0.3) is 0 Å². The third kappa shape index (κ3) is 3.47. The van der Waals surface area contributed by atoms with Crippen molar-refractivity contribution in [1.29, 1.82) is 5.26 Å². The van der Waals surface area contributed by atoms with Gasteiger partial charge in [-0.2, -0.15) is 10.2 Å². The summed E-state index contributed by atoms with van der Waals surface area (Å²) in [5.74, 6) is 1.81. The molecule has 20 heavy (non-hydrogen) atoms. The first-order valence-electron chi connectivity index (χ1n) is 7.42. The predicted octanol–water partition coefficient (Wildman–Crippen LogP) is 3.50. The lowest BCUT2D eigenvalue weighted by atomic mass is 9.75. The van der Waals surface area contributed by atoms with Gasteiger partial charge in [0.1, 0.15) is 17.9 Å². The second kappa shape index (κ2) is 6.21. The molecule has 0 amide bonds. The van der Waals surface area contributed by atoms with Crippen LogP contribution >= 0.6 is 0 Å². The molecule has 3 atom stereocenters. The minimum atomic E-state index is 0.159. The van der Waals surface area contributed by atoms with Gasteiger partial charge in [0, 0.05) is 5.69 Å². The minimum Gasteiger partial charge on any atom is -0.460 e. The number of nitrogens with zero attached hydrogens (tertiary/aromatic N) is 3. The molecular weight excluding hydrogens is 250 g/mol. The fourth-order valence-corrected chi connectivity index (χ4v) is 3.04. The van der Waals surface area contributed by atoms with Crippen LogP contribution in [0.1, 0.15) is 51.4 Å². The van der Waals surface area contributed by atoms with Crippen LogP contribution in [0.15, 0.2) is 6.07 Å². The zero-order valence-electron chi connectivity index (χ0n) is 12.8. The molecule has 108 valence electrons. The lowest BCUT2D eigenvalue weighted by Gasteiger charge is -2.36. The highest BCUT2D eigenvalue weighted by atomic mass is 16.5. The van der Waals surface area contributed by atoms with Gasteiger partial charge in [-0.25, -0.2) is 4.98 Å². The Morgan fingerprint density at radius 1 is 1.35 bits per heavy atom. The summed E-state index contributed by atoms with van der Waals surface area (Å²) in [6.45, 7) is 8.62. The summed E-state index contributed by atoms with van der Waals surface area (Å²) in [6, 6.07) is 4.09. The van der Waals surface area contributed by atoms with E-state index in [1.807, 2.05) is 6.92 Å². The van der Waals surface area contributed by atoms with Crippen LogP contribution < -0.4 is 4.74 Å². The van der Waals surface area contributed by atoms with Crippen LogP contribution in [0, 0.1) is 36.0 Å². The molecule has 1 aliphatic carbocycles. The molecule has 1 aromatic rings. The molecule has 0 aromatic carbocycles. The van der Waals surface area contributed by atoms with E-state index in [1.54, 1.807) is 6.07 Å². The molecule has 3 unspecified atom stereocenters. The maximum absolute atomic E-state index is 8.98. The van der Waals surface area contributed by atoms with E-state index in [0.29, 0.717) is 29.5 Å². The molecule has 4 heteroatoms. The van der Waals surface area contributed by atoms with E-state index < -0.39 is 0 Å². The molecule has 0 N–H and O–H groups in total. The number of hydrogen-bond acceptors (Lipinski definition) is 4. The maximum Gasteiger partial charge on any atom is 0.318 e. The Hall–Kier alpha value is -1.63. The number of hydrogen-bond donors (Lipinski definition) is 0. The van der Waals surface area contributed by atoms with Gasteiger partial charge in [-0.05, 0) is 43.6 Å². The first-order valence-corrected chi connectivity index (χ1v) is 7.42. The van der Waals surface area contributed by atoms with Gasteiger partial charge < -0.3 is 4.74 Å².